The van der Waals surface area contributed by atoms with Gasteiger partial charge in [0.1, 0.15) is 0 Å². The van der Waals surface area contributed by atoms with E-state index in [2.05, 4.69) is 137 Å². The van der Waals surface area contributed by atoms with Gasteiger partial charge in [-0.15, -0.1) is 0 Å². The van der Waals surface area contributed by atoms with Crippen LogP contribution in [0.4, 0.5) is 0 Å². The van der Waals surface area contributed by atoms with Crippen molar-refractivity contribution in [3.63, 3.8) is 0 Å². The summed E-state index contributed by atoms with van der Waals surface area (Å²) in [5.74, 6) is 0. The van der Waals surface area contributed by atoms with E-state index in [0.717, 1.165) is 0 Å². The van der Waals surface area contributed by atoms with Gasteiger partial charge in [-0.3, -0.25) is 0 Å². The molecule has 4 aliphatic carbocycles. The maximum atomic E-state index is 2.73. The average molecular weight is 1010 g/mol. The first kappa shape index (κ1) is 54.7. The summed E-state index contributed by atoms with van der Waals surface area (Å²) in [5, 5.41) is 0. The Morgan fingerprint density at radius 1 is 0.289 bits per heavy atom. The molecule has 6 aromatic rings. The number of hydrogen-bond acceptors (Lipinski definition) is 0. The van der Waals surface area contributed by atoms with E-state index in [1.54, 1.807) is 55.6 Å². The lowest BCUT2D eigenvalue weighted by atomic mass is 9.69. The van der Waals surface area contributed by atoms with Crippen LogP contribution in [0.2, 0.25) is 0 Å². The minimum absolute atomic E-state index is 0.0558. The molecule has 0 saturated carbocycles. The molecule has 0 heteroatoms. The third kappa shape index (κ3) is 12.4. The number of hydrogen-bond donors (Lipinski definition) is 0. The van der Waals surface area contributed by atoms with Crippen LogP contribution in [-0.2, 0) is 49.4 Å². The van der Waals surface area contributed by atoms with Crippen molar-refractivity contribution in [2.24, 2.45) is 0 Å². The van der Waals surface area contributed by atoms with Crippen molar-refractivity contribution in [2.75, 3.05) is 0 Å². The van der Waals surface area contributed by atoms with Crippen LogP contribution >= 0.6 is 0 Å². The third-order valence-electron chi connectivity index (χ3n) is 19.8. The molecule has 0 saturated heterocycles. The van der Waals surface area contributed by atoms with Crippen LogP contribution in [0.25, 0.3) is 33.4 Å². The highest BCUT2D eigenvalue weighted by molar-refractivity contribution is 5.87. The van der Waals surface area contributed by atoms with Gasteiger partial charge in [0, 0.05) is 10.8 Å². The van der Waals surface area contributed by atoms with E-state index in [9.17, 15) is 0 Å². The Bertz CT molecular complexity index is 2760. The highest BCUT2D eigenvalue weighted by Gasteiger charge is 2.44. The summed E-state index contributed by atoms with van der Waals surface area (Å²) in [5.41, 5.74) is 27.9. The lowest BCUT2D eigenvalue weighted by Crippen LogP contribution is -2.26. The molecular weight excluding hydrogens is 913 g/mol. The number of rotatable bonds is 33. The molecule has 0 fully saturated rings. The molecule has 0 aromatic heterocycles. The van der Waals surface area contributed by atoms with Gasteiger partial charge in [0.25, 0.3) is 0 Å². The van der Waals surface area contributed by atoms with E-state index in [1.807, 2.05) is 0 Å². The van der Waals surface area contributed by atoms with Gasteiger partial charge < -0.3 is 0 Å². The molecule has 0 heterocycles. The van der Waals surface area contributed by atoms with E-state index >= 15 is 0 Å². The quantitative estimate of drug-likeness (QED) is 0.0361. The van der Waals surface area contributed by atoms with E-state index in [1.165, 1.54) is 263 Å². The van der Waals surface area contributed by atoms with Crippen molar-refractivity contribution in [3.8, 4) is 33.4 Å². The Labute approximate surface area is 463 Å². The fourth-order valence-electron chi connectivity index (χ4n) is 15.1. The highest BCUT2D eigenvalue weighted by atomic mass is 14.5. The SMILES string of the molecule is CCCCCCCCC1(CCCCCCCC)c2cc(C)ccc2-c2ccc(-c3ccc4c(c3)C(CCCCCCCCc3ccc5c(c3)CC5)(CCCCCCCCc3ccc5c(c3)CC5)c3cc(C)ccc3-4)cc21. The minimum Gasteiger partial charge on any atom is -0.0654 e. The molecule has 0 nitrogen and oxygen atoms in total. The fourth-order valence-corrected chi connectivity index (χ4v) is 15.1. The summed E-state index contributed by atoms with van der Waals surface area (Å²) in [6.45, 7) is 9.37. The van der Waals surface area contributed by atoms with Gasteiger partial charge in [0.2, 0.25) is 0 Å². The second-order valence-electron chi connectivity index (χ2n) is 25.3. The third-order valence-corrected chi connectivity index (χ3v) is 19.8. The molecule has 402 valence electrons. The van der Waals surface area contributed by atoms with Crippen molar-refractivity contribution in [2.45, 2.75) is 257 Å². The fraction of sp³-hybridized carbons (Fsp3) is 0.526. The number of benzene rings is 6. The first-order valence-corrected chi connectivity index (χ1v) is 32.1. The van der Waals surface area contributed by atoms with Crippen LogP contribution in [0.5, 0.6) is 0 Å². The predicted octanol–water partition coefficient (Wildman–Crippen LogP) is 22.1. The van der Waals surface area contributed by atoms with Crippen LogP contribution in [0, 0.1) is 13.8 Å². The zero-order chi connectivity index (χ0) is 52.2. The molecule has 76 heavy (non-hydrogen) atoms. The van der Waals surface area contributed by atoms with Gasteiger partial charge in [-0.05, 0) is 192 Å². The first-order valence-electron chi connectivity index (χ1n) is 32.1. The van der Waals surface area contributed by atoms with Crippen molar-refractivity contribution >= 4 is 0 Å². The zero-order valence-corrected chi connectivity index (χ0v) is 48.4. The van der Waals surface area contributed by atoms with Crippen LogP contribution in [0.3, 0.4) is 0 Å². The standard InChI is InChI=1S/C76H98/c1-5-7-9-11-19-25-47-75(48-26-20-12-10-8-6-2)71-51-57(3)31-43-67(71)69-45-41-65(55-73(69)75)66-42-46-70-68-44-32-58(4)52-72(68)76(74(70)56-66,49-27-21-15-13-17-23-29-59-33-35-61-37-39-63(61)53-59)50-28-22-16-14-18-24-30-60-34-36-62-38-40-64(62)54-60/h31-36,41-46,51-56H,5-30,37-40,47-50H2,1-4H3. The summed E-state index contributed by atoms with van der Waals surface area (Å²) in [7, 11) is 0. The van der Waals surface area contributed by atoms with Crippen molar-refractivity contribution in [1.29, 1.82) is 0 Å². The van der Waals surface area contributed by atoms with Gasteiger partial charge in [-0.25, -0.2) is 0 Å². The molecule has 4 aliphatic rings. The van der Waals surface area contributed by atoms with Gasteiger partial charge in [0.15, 0.2) is 0 Å². The molecule has 0 amide bonds. The van der Waals surface area contributed by atoms with Crippen LogP contribution in [0.15, 0.2) is 109 Å². The van der Waals surface area contributed by atoms with Gasteiger partial charge in [-0.2, -0.15) is 0 Å². The summed E-state index contributed by atoms with van der Waals surface area (Å²) < 4.78 is 0. The molecule has 0 N–H and O–H groups in total. The molecule has 0 bridgehead atoms. The Hall–Kier alpha value is -4.68. The maximum absolute atomic E-state index is 2.73. The Morgan fingerprint density at radius 3 is 0.947 bits per heavy atom. The molecule has 0 spiro atoms. The lowest BCUT2D eigenvalue weighted by Gasteiger charge is -2.34. The summed E-state index contributed by atoms with van der Waals surface area (Å²) in [6.07, 6.45) is 45.0. The first-order chi connectivity index (χ1) is 37.4. The van der Waals surface area contributed by atoms with Crippen LogP contribution in [-0.4, -0.2) is 0 Å². The Balaban J connectivity index is 0.898. The predicted molar refractivity (Wildman–Crippen MR) is 330 cm³/mol. The Morgan fingerprint density at radius 2 is 0.605 bits per heavy atom. The number of fused-ring (bicyclic) bond motifs is 8. The van der Waals surface area contributed by atoms with Gasteiger partial charge in [-0.1, -0.05) is 263 Å². The van der Waals surface area contributed by atoms with E-state index < -0.39 is 0 Å². The lowest BCUT2D eigenvalue weighted by molar-refractivity contribution is 0.397. The number of unbranched alkanes of at least 4 members (excludes halogenated alkanes) is 20. The van der Waals surface area contributed by atoms with E-state index in [0.29, 0.717) is 0 Å². The highest BCUT2D eigenvalue weighted by Crippen LogP contribution is 2.58. The average Bonchev–Trinajstić information content (AvgIpc) is 3.91. The molecular formula is C76H98. The van der Waals surface area contributed by atoms with E-state index in [-0.39, 0.29) is 10.8 Å². The van der Waals surface area contributed by atoms with Gasteiger partial charge in [0.05, 0.1) is 0 Å². The number of aryl methyl sites for hydroxylation is 8. The zero-order valence-electron chi connectivity index (χ0n) is 48.4. The summed E-state index contributed by atoms with van der Waals surface area (Å²) in [4.78, 5) is 0. The normalized spacial score (nSPS) is 14.8. The summed E-state index contributed by atoms with van der Waals surface area (Å²) >= 11 is 0. The molecule has 6 aromatic carbocycles. The topological polar surface area (TPSA) is 0 Å². The maximum Gasteiger partial charge on any atom is 0.0215 e. The monoisotopic (exact) mass is 1010 g/mol. The van der Waals surface area contributed by atoms with Crippen molar-refractivity contribution in [3.05, 3.63) is 176 Å². The van der Waals surface area contributed by atoms with Gasteiger partial charge >= 0.3 is 0 Å². The molecule has 0 atom stereocenters. The Kier molecular flexibility index (Phi) is 18.9. The molecule has 10 rings (SSSR count). The summed E-state index contributed by atoms with van der Waals surface area (Å²) in [6, 6.07) is 45.2. The van der Waals surface area contributed by atoms with E-state index in [4.69, 9.17) is 0 Å². The smallest absolute Gasteiger partial charge is 0.0215 e. The van der Waals surface area contributed by atoms with Crippen molar-refractivity contribution < 1.29 is 0 Å². The van der Waals surface area contributed by atoms with Crippen molar-refractivity contribution in [1.82, 2.24) is 0 Å². The van der Waals surface area contributed by atoms with Crippen LogP contribution < -0.4 is 0 Å². The second kappa shape index (κ2) is 26.3. The molecule has 0 aliphatic heterocycles. The largest absolute Gasteiger partial charge is 0.0654 e. The second-order valence-corrected chi connectivity index (χ2v) is 25.3. The molecule has 0 radical (unpaired) electrons. The van der Waals surface area contributed by atoms with Crippen LogP contribution in [0.1, 0.15) is 260 Å². The molecule has 0 unspecified atom stereocenters. The minimum atomic E-state index is 0.0558.